The highest BCUT2D eigenvalue weighted by molar-refractivity contribution is 5.98. The molecule has 2 aliphatic heterocycles. The van der Waals surface area contributed by atoms with E-state index in [0.29, 0.717) is 18.3 Å². The number of fused-ring (bicyclic) bond motifs is 1. The predicted molar refractivity (Wildman–Crippen MR) is 117 cm³/mol. The summed E-state index contributed by atoms with van der Waals surface area (Å²) in [5, 5.41) is 7.78. The summed E-state index contributed by atoms with van der Waals surface area (Å²) in [6.45, 7) is 5.11. The van der Waals surface area contributed by atoms with Crippen molar-refractivity contribution in [1.29, 1.82) is 0 Å². The van der Waals surface area contributed by atoms with Gasteiger partial charge in [-0.25, -0.2) is 8.78 Å². The third kappa shape index (κ3) is 6.18. The first-order valence-electron chi connectivity index (χ1n) is 11.1. The minimum atomic E-state index is -2.66. The van der Waals surface area contributed by atoms with Crippen LogP contribution in [0.5, 0.6) is 5.75 Å². The van der Waals surface area contributed by atoms with Crippen LogP contribution in [0.3, 0.4) is 0 Å². The molecule has 1 unspecified atom stereocenters. The summed E-state index contributed by atoms with van der Waals surface area (Å²) in [5.74, 6) is -2.10. The normalized spacial score (nSPS) is 20.6. The first-order chi connectivity index (χ1) is 15.3. The smallest absolute Gasteiger partial charge is 0.290 e. The van der Waals surface area contributed by atoms with Gasteiger partial charge in [-0.1, -0.05) is 0 Å². The van der Waals surface area contributed by atoms with E-state index in [1.54, 1.807) is 6.07 Å². The summed E-state index contributed by atoms with van der Waals surface area (Å²) in [6.07, 6.45) is 3.01. The molecule has 9 heteroatoms. The average Bonchev–Trinajstić information content (AvgIpc) is 3.37. The van der Waals surface area contributed by atoms with E-state index in [1.165, 1.54) is 24.3 Å². The third-order valence-corrected chi connectivity index (χ3v) is 6.15. The molecule has 7 nitrogen and oxygen atoms in total. The van der Waals surface area contributed by atoms with Crippen LogP contribution in [0, 0.1) is 0 Å². The summed E-state index contributed by atoms with van der Waals surface area (Å²) in [4.78, 5) is 28.1. The molecule has 2 aromatic rings. The van der Waals surface area contributed by atoms with Crippen LogP contribution in [0.1, 0.15) is 49.5 Å². The fraction of sp³-hybridized carbons (Fsp3) is 0.565. The molecule has 0 radical (unpaired) electrons. The highest BCUT2D eigenvalue weighted by Gasteiger charge is 2.36. The maximum absolute atomic E-state index is 13.3. The van der Waals surface area contributed by atoms with Crippen molar-refractivity contribution in [1.82, 2.24) is 14.8 Å². The van der Waals surface area contributed by atoms with Crippen molar-refractivity contribution in [2.24, 2.45) is 0 Å². The Morgan fingerprint density at radius 3 is 2.66 bits per heavy atom. The number of carbonyl (C=O) groups excluding carboxylic acids is 1. The van der Waals surface area contributed by atoms with Crippen LogP contribution in [0.25, 0.3) is 10.9 Å². The molecule has 0 aliphatic carbocycles. The minimum Gasteiger partial charge on any atom is -0.494 e. The second-order valence-electron chi connectivity index (χ2n) is 8.41. The van der Waals surface area contributed by atoms with E-state index in [1.807, 2.05) is 18.2 Å². The number of halogens is 2. The van der Waals surface area contributed by atoms with Gasteiger partial charge in [0.25, 0.3) is 18.3 Å². The molecule has 0 spiro atoms. The molecule has 1 aromatic heterocycles. The van der Waals surface area contributed by atoms with Crippen LogP contribution in [0.4, 0.5) is 8.78 Å². The summed E-state index contributed by atoms with van der Waals surface area (Å²) in [6, 6.07) is 8.17. The number of benzene rings is 1. The molecule has 176 valence electrons. The van der Waals surface area contributed by atoms with Crippen molar-refractivity contribution >= 4 is 23.3 Å². The molecule has 32 heavy (non-hydrogen) atoms. The first kappa shape index (κ1) is 24.0. The second kappa shape index (κ2) is 10.8. The Labute approximate surface area is 186 Å². The Hall–Kier alpha value is -2.68. The molecule has 2 saturated heterocycles. The van der Waals surface area contributed by atoms with Gasteiger partial charge in [-0.2, -0.15) is 0 Å². The standard InChI is InChI=1S/C22H29F2N3O2.CH2O2/c1-16-4-2-9-26(16)10-3-13-29-18-5-6-19-17(14-18)15-20(25-19)21(28)27-11-7-22(23,24)8-12-27;2-1-3/h5-6,14-16,25H,2-4,7-13H2,1H3;1H,(H,2,3). The number of nitrogens with one attached hydrogen (secondary N) is 1. The molecular weight excluding hydrogens is 420 g/mol. The molecule has 2 N–H and O–H groups in total. The largest absolute Gasteiger partial charge is 0.494 e. The van der Waals surface area contributed by atoms with Gasteiger partial charge >= 0.3 is 0 Å². The van der Waals surface area contributed by atoms with E-state index in [2.05, 4.69) is 16.8 Å². The van der Waals surface area contributed by atoms with Gasteiger partial charge in [-0.15, -0.1) is 0 Å². The highest BCUT2D eigenvalue weighted by atomic mass is 19.3. The number of alkyl halides is 2. The number of nitrogens with zero attached hydrogens (tertiary/aromatic N) is 2. The average molecular weight is 452 g/mol. The lowest BCUT2D eigenvalue weighted by Crippen LogP contribution is -2.42. The van der Waals surface area contributed by atoms with E-state index in [9.17, 15) is 13.6 Å². The quantitative estimate of drug-likeness (QED) is 0.512. The number of aromatic amines is 1. The molecule has 1 aromatic carbocycles. The number of carboxylic acid groups (broad SMARTS) is 1. The number of aromatic nitrogens is 1. The molecule has 3 heterocycles. The Bertz CT molecular complexity index is 908. The van der Waals surface area contributed by atoms with Crippen LogP contribution >= 0.6 is 0 Å². The summed E-state index contributed by atoms with van der Waals surface area (Å²) in [5.41, 5.74) is 1.28. The summed E-state index contributed by atoms with van der Waals surface area (Å²) >= 11 is 0. The predicted octanol–water partition coefficient (Wildman–Crippen LogP) is 3.99. The number of hydrogen-bond donors (Lipinski definition) is 2. The van der Waals surface area contributed by atoms with Crippen molar-refractivity contribution in [3.8, 4) is 5.75 Å². The number of hydrogen-bond acceptors (Lipinski definition) is 4. The lowest BCUT2D eigenvalue weighted by atomic mass is 10.1. The van der Waals surface area contributed by atoms with Crippen molar-refractivity contribution in [3.63, 3.8) is 0 Å². The lowest BCUT2D eigenvalue weighted by molar-refractivity contribution is -0.122. The van der Waals surface area contributed by atoms with Crippen LogP contribution in [-0.2, 0) is 4.79 Å². The number of rotatable bonds is 6. The van der Waals surface area contributed by atoms with Crippen LogP contribution in [-0.4, -0.2) is 77.0 Å². The zero-order chi connectivity index (χ0) is 23.1. The number of carbonyl (C=O) groups is 2. The molecular formula is C23H31F2N3O4. The molecule has 0 saturated carbocycles. The van der Waals surface area contributed by atoms with Gasteiger partial charge in [0.1, 0.15) is 11.4 Å². The summed E-state index contributed by atoms with van der Waals surface area (Å²) < 4.78 is 32.6. The molecule has 0 bridgehead atoms. The number of likely N-dealkylation sites (tertiary alicyclic amines) is 2. The molecule has 1 amide bonds. The van der Waals surface area contributed by atoms with Gasteiger partial charge in [0.05, 0.1) is 6.61 Å². The topological polar surface area (TPSA) is 85.9 Å². The van der Waals surface area contributed by atoms with E-state index in [0.717, 1.165) is 29.6 Å². The zero-order valence-electron chi connectivity index (χ0n) is 18.4. The van der Waals surface area contributed by atoms with Crippen molar-refractivity contribution < 1.29 is 28.2 Å². The van der Waals surface area contributed by atoms with Crippen LogP contribution in [0.15, 0.2) is 24.3 Å². The van der Waals surface area contributed by atoms with Crippen molar-refractivity contribution in [2.75, 3.05) is 32.8 Å². The minimum absolute atomic E-state index is 0.0885. The number of piperidine rings is 1. The molecule has 2 aliphatic rings. The number of amides is 1. The monoisotopic (exact) mass is 451 g/mol. The Kier molecular flexibility index (Phi) is 8.06. The third-order valence-electron chi connectivity index (χ3n) is 6.15. The van der Waals surface area contributed by atoms with Gasteiger partial charge in [0.15, 0.2) is 0 Å². The molecule has 4 rings (SSSR count). The Balaban J connectivity index is 0.000000913. The Morgan fingerprint density at radius 1 is 1.28 bits per heavy atom. The fourth-order valence-electron chi connectivity index (χ4n) is 4.31. The lowest BCUT2D eigenvalue weighted by Gasteiger charge is -2.31. The Morgan fingerprint density at radius 2 is 2.00 bits per heavy atom. The van der Waals surface area contributed by atoms with Gasteiger partial charge in [-0.3, -0.25) is 9.59 Å². The van der Waals surface area contributed by atoms with Crippen molar-refractivity contribution in [2.45, 2.75) is 51.0 Å². The maximum Gasteiger partial charge on any atom is 0.290 e. The van der Waals surface area contributed by atoms with E-state index in [-0.39, 0.29) is 38.3 Å². The van der Waals surface area contributed by atoms with Gasteiger partial charge in [-0.05, 0) is 57.0 Å². The number of ether oxygens (including phenoxy) is 1. The van der Waals surface area contributed by atoms with E-state index in [4.69, 9.17) is 14.6 Å². The molecule has 1 atom stereocenters. The second-order valence-corrected chi connectivity index (χ2v) is 8.41. The maximum atomic E-state index is 13.3. The number of H-pyrrole nitrogens is 1. The SMILES string of the molecule is CC1CCCN1CCCOc1ccc2[nH]c(C(=O)N3CCC(F)(F)CC3)cc2c1.O=CO. The van der Waals surface area contributed by atoms with Crippen molar-refractivity contribution in [3.05, 3.63) is 30.0 Å². The molecule has 2 fully saturated rings. The van der Waals surface area contributed by atoms with Gasteiger partial charge < -0.3 is 24.6 Å². The first-order valence-corrected chi connectivity index (χ1v) is 11.1. The fourth-order valence-corrected chi connectivity index (χ4v) is 4.31. The van der Waals surface area contributed by atoms with Crippen LogP contribution < -0.4 is 4.74 Å². The van der Waals surface area contributed by atoms with Gasteiger partial charge in [0, 0.05) is 49.4 Å². The van der Waals surface area contributed by atoms with E-state index < -0.39 is 5.92 Å². The van der Waals surface area contributed by atoms with Gasteiger partial charge in [0.2, 0.25) is 0 Å². The highest BCUT2D eigenvalue weighted by Crippen LogP contribution is 2.29. The summed E-state index contributed by atoms with van der Waals surface area (Å²) in [7, 11) is 0. The van der Waals surface area contributed by atoms with Crippen LogP contribution in [0.2, 0.25) is 0 Å². The van der Waals surface area contributed by atoms with E-state index >= 15 is 0 Å². The zero-order valence-corrected chi connectivity index (χ0v) is 18.4.